The minimum absolute atomic E-state index is 0.242. The molecule has 0 saturated heterocycles. The SMILES string of the molecule is C=C(C)CNCc1c(C(=O)O)cnn1C. The van der Waals surface area contributed by atoms with Gasteiger partial charge >= 0.3 is 5.97 Å². The molecule has 2 N–H and O–H groups in total. The fourth-order valence-electron chi connectivity index (χ4n) is 1.25. The van der Waals surface area contributed by atoms with Gasteiger partial charge < -0.3 is 10.4 Å². The lowest BCUT2D eigenvalue weighted by molar-refractivity contribution is 0.0695. The molecular formula is C10H15N3O2. The molecule has 0 radical (unpaired) electrons. The van der Waals surface area contributed by atoms with Crippen LogP contribution in [0.4, 0.5) is 0 Å². The summed E-state index contributed by atoms with van der Waals surface area (Å²) in [4.78, 5) is 10.8. The lowest BCUT2D eigenvalue weighted by Crippen LogP contribution is -2.19. The fourth-order valence-corrected chi connectivity index (χ4v) is 1.25. The Balaban J connectivity index is 2.70. The molecule has 0 fully saturated rings. The van der Waals surface area contributed by atoms with Gasteiger partial charge in [-0.1, -0.05) is 12.2 Å². The van der Waals surface area contributed by atoms with Crippen molar-refractivity contribution in [3.63, 3.8) is 0 Å². The van der Waals surface area contributed by atoms with Crippen LogP contribution in [0.2, 0.25) is 0 Å². The minimum atomic E-state index is -0.949. The molecule has 15 heavy (non-hydrogen) atoms. The second kappa shape index (κ2) is 4.75. The summed E-state index contributed by atoms with van der Waals surface area (Å²) >= 11 is 0. The van der Waals surface area contributed by atoms with Crippen molar-refractivity contribution < 1.29 is 9.90 Å². The topological polar surface area (TPSA) is 67.2 Å². The molecule has 0 aliphatic carbocycles. The summed E-state index contributed by atoms with van der Waals surface area (Å²) in [5, 5.41) is 15.9. The Morgan fingerprint density at radius 2 is 2.40 bits per heavy atom. The standard InChI is InChI=1S/C10H15N3O2/c1-7(2)4-11-6-9-8(10(14)15)5-12-13(9)3/h5,11H,1,4,6H2,2-3H3,(H,14,15). The molecule has 5 nitrogen and oxygen atoms in total. The number of carboxylic acids is 1. The number of carboxylic acid groups (broad SMARTS) is 1. The highest BCUT2D eigenvalue weighted by atomic mass is 16.4. The van der Waals surface area contributed by atoms with Crippen molar-refractivity contribution in [2.24, 2.45) is 7.05 Å². The van der Waals surface area contributed by atoms with E-state index in [9.17, 15) is 4.79 Å². The van der Waals surface area contributed by atoms with Crippen LogP contribution in [0.1, 0.15) is 23.0 Å². The van der Waals surface area contributed by atoms with Crippen molar-refractivity contribution in [3.05, 3.63) is 29.6 Å². The van der Waals surface area contributed by atoms with Gasteiger partial charge in [-0.3, -0.25) is 4.68 Å². The van der Waals surface area contributed by atoms with E-state index in [2.05, 4.69) is 17.0 Å². The Morgan fingerprint density at radius 3 is 2.93 bits per heavy atom. The molecule has 0 amide bonds. The highest BCUT2D eigenvalue weighted by molar-refractivity contribution is 5.88. The van der Waals surface area contributed by atoms with E-state index in [0.717, 1.165) is 5.57 Å². The second-order valence-electron chi connectivity index (χ2n) is 3.49. The van der Waals surface area contributed by atoms with Gasteiger partial charge in [-0.25, -0.2) is 4.79 Å². The van der Waals surface area contributed by atoms with E-state index in [4.69, 9.17) is 5.11 Å². The van der Waals surface area contributed by atoms with E-state index >= 15 is 0 Å². The van der Waals surface area contributed by atoms with E-state index in [1.54, 1.807) is 11.7 Å². The van der Waals surface area contributed by atoms with Crippen molar-refractivity contribution in [1.29, 1.82) is 0 Å². The maximum absolute atomic E-state index is 10.8. The quantitative estimate of drug-likeness (QED) is 0.703. The van der Waals surface area contributed by atoms with E-state index in [1.807, 2.05) is 6.92 Å². The van der Waals surface area contributed by atoms with Crippen molar-refractivity contribution in [3.8, 4) is 0 Å². The van der Waals surface area contributed by atoms with E-state index in [-0.39, 0.29) is 5.56 Å². The molecule has 0 spiro atoms. The summed E-state index contributed by atoms with van der Waals surface area (Å²) in [6.45, 7) is 6.81. The predicted molar refractivity (Wildman–Crippen MR) is 56.7 cm³/mol. The molecule has 1 heterocycles. The molecule has 0 unspecified atom stereocenters. The third kappa shape index (κ3) is 2.92. The first-order chi connectivity index (χ1) is 7.02. The van der Waals surface area contributed by atoms with Crippen LogP contribution in [-0.4, -0.2) is 27.4 Å². The molecule has 0 bridgehead atoms. The monoisotopic (exact) mass is 209 g/mol. The summed E-state index contributed by atoms with van der Waals surface area (Å²) in [6.07, 6.45) is 1.36. The summed E-state index contributed by atoms with van der Waals surface area (Å²) < 4.78 is 1.56. The van der Waals surface area contributed by atoms with E-state index < -0.39 is 5.97 Å². The third-order valence-electron chi connectivity index (χ3n) is 2.01. The molecule has 1 rings (SSSR count). The van der Waals surface area contributed by atoms with Gasteiger partial charge in [0.05, 0.1) is 11.9 Å². The minimum Gasteiger partial charge on any atom is -0.478 e. The van der Waals surface area contributed by atoms with Gasteiger partial charge in [-0.05, 0) is 6.92 Å². The number of carbonyl (C=O) groups is 1. The first kappa shape index (κ1) is 11.5. The Labute approximate surface area is 88.4 Å². The number of aromatic carboxylic acids is 1. The molecule has 82 valence electrons. The van der Waals surface area contributed by atoms with E-state index in [0.29, 0.717) is 18.8 Å². The van der Waals surface area contributed by atoms with Crippen LogP contribution in [-0.2, 0) is 13.6 Å². The van der Waals surface area contributed by atoms with Crippen molar-refractivity contribution in [2.45, 2.75) is 13.5 Å². The molecule has 1 aromatic rings. The largest absolute Gasteiger partial charge is 0.478 e. The smallest absolute Gasteiger partial charge is 0.339 e. The molecule has 0 aliphatic rings. The van der Waals surface area contributed by atoms with Crippen LogP contribution < -0.4 is 5.32 Å². The summed E-state index contributed by atoms with van der Waals surface area (Å²) in [7, 11) is 1.73. The lowest BCUT2D eigenvalue weighted by Gasteiger charge is -2.05. The molecule has 0 aliphatic heterocycles. The van der Waals surface area contributed by atoms with Crippen LogP contribution >= 0.6 is 0 Å². The van der Waals surface area contributed by atoms with E-state index in [1.165, 1.54) is 6.20 Å². The zero-order valence-corrected chi connectivity index (χ0v) is 8.95. The maximum atomic E-state index is 10.8. The number of aromatic nitrogens is 2. The van der Waals surface area contributed by atoms with Gasteiger partial charge in [-0.2, -0.15) is 5.10 Å². The third-order valence-corrected chi connectivity index (χ3v) is 2.01. The van der Waals surface area contributed by atoms with Gasteiger partial charge in [-0.15, -0.1) is 0 Å². The van der Waals surface area contributed by atoms with Crippen LogP contribution in [0.3, 0.4) is 0 Å². The molecule has 0 saturated carbocycles. The average molecular weight is 209 g/mol. The summed E-state index contributed by atoms with van der Waals surface area (Å²) in [5.41, 5.74) is 1.92. The number of rotatable bonds is 5. The molecule has 5 heteroatoms. The lowest BCUT2D eigenvalue weighted by atomic mass is 10.2. The first-order valence-corrected chi connectivity index (χ1v) is 4.61. The van der Waals surface area contributed by atoms with Crippen molar-refractivity contribution in [1.82, 2.24) is 15.1 Å². The van der Waals surface area contributed by atoms with Crippen molar-refractivity contribution in [2.75, 3.05) is 6.54 Å². The molecule has 0 atom stereocenters. The van der Waals surface area contributed by atoms with Gasteiger partial charge in [0.25, 0.3) is 0 Å². The fraction of sp³-hybridized carbons (Fsp3) is 0.400. The first-order valence-electron chi connectivity index (χ1n) is 4.61. The number of nitrogens with one attached hydrogen (secondary N) is 1. The van der Waals surface area contributed by atoms with Gasteiger partial charge in [0, 0.05) is 20.1 Å². The van der Waals surface area contributed by atoms with Gasteiger partial charge in [0.15, 0.2) is 0 Å². The van der Waals surface area contributed by atoms with Gasteiger partial charge in [0.2, 0.25) is 0 Å². The number of nitrogens with zero attached hydrogens (tertiary/aromatic N) is 2. The van der Waals surface area contributed by atoms with Crippen molar-refractivity contribution >= 4 is 5.97 Å². The summed E-state index contributed by atoms with van der Waals surface area (Å²) in [6, 6.07) is 0. The summed E-state index contributed by atoms with van der Waals surface area (Å²) in [5.74, 6) is -0.949. The highest BCUT2D eigenvalue weighted by Gasteiger charge is 2.13. The Hall–Kier alpha value is -1.62. The van der Waals surface area contributed by atoms with Crippen LogP contribution in [0.5, 0.6) is 0 Å². The Morgan fingerprint density at radius 1 is 1.73 bits per heavy atom. The number of aryl methyl sites for hydroxylation is 1. The Kier molecular flexibility index (Phi) is 3.62. The highest BCUT2D eigenvalue weighted by Crippen LogP contribution is 2.06. The van der Waals surface area contributed by atoms with Gasteiger partial charge in [0.1, 0.15) is 5.56 Å². The normalized spacial score (nSPS) is 10.3. The second-order valence-corrected chi connectivity index (χ2v) is 3.49. The maximum Gasteiger partial charge on any atom is 0.339 e. The zero-order chi connectivity index (χ0) is 11.4. The number of hydrogen-bond acceptors (Lipinski definition) is 3. The van der Waals surface area contributed by atoms with Crippen LogP contribution in [0.25, 0.3) is 0 Å². The molecular weight excluding hydrogens is 194 g/mol. The zero-order valence-electron chi connectivity index (χ0n) is 8.95. The molecule has 0 aromatic carbocycles. The predicted octanol–water partition coefficient (Wildman–Crippen LogP) is 0.784. The number of hydrogen-bond donors (Lipinski definition) is 2. The Bertz CT molecular complexity index is 382. The van der Waals surface area contributed by atoms with Crippen LogP contribution in [0.15, 0.2) is 18.3 Å². The average Bonchev–Trinajstić information content (AvgIpc) is 2.47. The molecule has 1 aromatic heterocycles. The van der Waals surface area contributed by atoms with Crippen LogP contribution in [0, 0.1) is 0 Å².